The number of likely N-dealkylation sites (tertiary alicyclic amines) is 1. The van der Waals surface area contributed by atoms with Crippen molar-refractivity contribution in [2.75, 3.05) is 19.4 Å². The van der Waals surface area contributed by atoms with Crippen LogP contribution in [0.3, 0.4) is 0 Å². The summed E-state index contributed by atoms with van der Waals surface area (Å²) >= 11 is 4.09. The van der Waals surface area contributed by atoms with Gasteiger partial charge in [-0.1, -0.05) is 24.3 Å². The molecule has 1 aliphatic rings. The van der Waals surface area contributed by atoms with Gasteiger partial charge >= 0.3 is 0 Å². The van der Waals surface area contributed by atoms with Crippen LogP contribution in [0.25, 0.3) is 10.8 Å². The highest BCUT2D eigenvalue weighted by Crippen LogP contribution is 2.30. The van der Waals surface area contributed by atoms with Crippen molar-refractivity contribution in [1.82, 2.24) is 10.2 Å². The molecule has 0 radical (unpaired) electrons. The van der Waals surface area contributed by atoms with Gasteiger partial charge in [-0.05, 0) is 48.2 Å². The van der Waals surface area contributed by atoms with Crippen molar-refractivity contribution >= 4 is 35.2 Å². The van der Waals surface area contributed by atoms with Gasteiger partial charge in [0.15, 0.2) is 0 Å². The van der Waals surface area contributed by atoms with Crippen LogP contribution in [0.4, 0.5) is 0 Å². The third-order valence-electron chi connectivity index (χ3n) is 5.27. The summed E-state index contributed by atoms with van der Waals surface area (Å²) in [6.45, 7) is 2.24. The first kappa shape index (κ1) is 20.5. The first-order valence-electron chi connectivity index (χ1n) is 9.42. The van der Waals surface area contributed by atoms with E-state index < -0.39 is 18.2 Å². The predicted octanol–water partition coefficient (Wildman–Crippen LogP) is 2.31. The van der Waals surface area contributed by atoms with Crippen molar-refractivity contribution in [2.24, 2.45) is 0 Å². The number of aliphatic hydroxyl groups excluding tert-OH is 1. The summed E-state index contributed by atoms with van der Waals surface area (Å²) < 4.78 is 5.25. The van der Waals surface area contributed by atoms with E-state index in [1.165, 1.54) is 4.90 Å². The summed E-state index contributed by atoms with van der Waals surface area (Å²) in [6.07, 6.45) is -0.0868. The van der Waals surface area contributed by atoms with Crippen LogP contribution in [-0.4, -0.2) is 53.5 Å². The number of nitrogens with one attached hydrogen (secondary N) is 1. The Morgan fingerprint density at radius 3 is 2.68 bits per heavy atom. The van der Waals surface area contributed by atoms with Crippen LogP contribution in [0.2, 0.25) is 0 Å². The molecule has 2 amide bonds. The van der Waals surface area contributed by atoms with Crippen molar-refractivity contribution in [3.63, 3.8) is 0 Å². The lowest BCUT2D eigenvalue weighted by Gasteiger charge is -2.29. The largest absolute Gasteiger partial charge is 0.497 e. The average Bonchev–Trinajstić information content (AvgIpc) is 3.11. The van der Waals surface area contributed by atoms with Crippen LogP contribution < -0.4 is 10.1 Å². The Bertz CT molecular complexity index is 873. The summed E-state index contributed by atoms with van der Waals surface area (Å²) in [5.41, 5.74) is 0.844. The van der Waals surface area contributed by atoms with Crippen molar-refractivity contribution in [3.05, 3.63) is 42.0 Å². The molecule has 3 unspecified atom stereocenters. The molecule has 3 rings (SSSR count). The van der Waals surface area contributed by atoms with Gasteiger partial charge < -0.3 is 20.1 Å². The SMILES string of the molecule is COc1ccc2cc(C(C)C(=O)N3C(O)CCC3C(=O)NCCS)ccc2c1. The maximum Gasteiger partial charge on any atom is 0.242 e. The van der Waals surface area contributed by atoms with Gasteiger partial charge in [-0.3, -0.25) is 9.59 Å². The number of methoxy groups -OCH3 is 1. The van der Waals surface area contributed by atoms with Gasteiger partial charge in [0.05, 0.1) is 13.0 Å². The van der Waals surface area contributed by atoms with E-state index in [1.54, 1.807) is 14.0 Å². The van der Waals surface area contributed by atoms with E-state index >= 15 is 0 Å². The number of ether oxygens (including phenoxy) is 1. The second kappa shape index (κ2) is 8.84. The smallest absolute Gasteiger partial charge is 0.242 e. The Labute approximate surface area is 170 Å². The number of thiol groups is 1. The van der Waals surface area contributed by atoms with Crippen molar-refractivity contribution in [2.45, 2.75) is 38.0 Å². The molecule has 150 valence electrons. The van der Waals surface area contributed by atoms with Gasteiger partial charge in [0.1, 0.15) is 18.0 Å². The first-order valence-corrected chi connectivity index (χ1v) is 10.1. The molecule has 2 aromatic rings. The highest BCUT2D eigenvalue weighted by Gasteiger charge is 2.41. The summed E-state index contributed by atoms with van der Waals surface area (Å²) in [5.74, 6) is 0.340. The number of hydrogen-bond donors (Lipinski definition) is 3. The zero-order valence-electron chi connectivity index (χ0n) is 16.1. The summed E-state index contributed by atoms with van der Waals surface area (Å²) in [4.78, 5) is 26.9. The van der Waals surface area contributed by atoms with Gasteiger partial charge in [0.25, 0.3) is 0 Å². The van der Waals surface area contributed by atoms with Crippen molar-refractivity contribution in [3.8, 4) is 5.75 Å². The molecular formula is C21H26N2O4S. The van der Waals surface area contributed by atoms with E-state index in [0.717, 1.165) is 22.1 Å². The third kappa shape index (κ3) is 4.10. The van der Waals surface area contributed by atoms with E-state index in [9.17, 15) is 14.7 Å². The molecule has 1 aliphatic heterocycles. The monoisotopic (exact) mass is 402 g/mol. The number of nitrogens with zero attached hydrogens (tertiary/aromatic N) is 1. The van der Waals surface area contributed by atoms with E-state index in [-0.39, 0.29) is 11.8 Å². The number of amides is 2. The molecule has 3 atom stereocenters. The highest BCUT2D eigenvalue weighted by molar-refractivity contribution is 7.80. The Hall–Kier alpha value is -2.25. The fraction of sp³-hybridized carbons (Fsp3) is 0.429. The van der Waals surface area contributed by atoms with Crippen molar-refractivity contribution in [1.29, 1.82) is 0 Å². The second-order valence-electron chi connectivity index (χ2n) is 7.03. The minimum absolute atomic E-state index is 0.239. The minimum atomic E-state index is -0.939. The number of carbonyl (C=O) groups excluding carboxylic acids is 2. The zero-order chi connectivity index (χ0) is 20.3. The van der Waals surface area contributed by atoms with Crippen LogP contribution in [0.1, 0.15) is 31.2 Å². The van der Waals surface area contributed by atoms with E-state index in [2.05, 4.69) is 17.9 Å². The number of benzene rings is 2. The number of aliphatic hydroxyl groups is 1. The standard InChI is InChI=1S/C21H26N2O4S/c1-13(14-3-4-16-12-17(27-2)6-5-15(16)11-14)21(26)23-18(7-8-19(23)24)20(25)22-9-10-28/h3-6,11-13,18-19,24,28H,7-10H2,1-2H3,(H,22,25). The number of rotatable bonds is 6. The summed E-state index contributed by atoms with van der Waals surface area (Å²) in [7, 11) is 1.63. The fourth-order valence-electron chi connectivity index (χ4n) is 3.65. The highest BCUT2D eigenvalue weighted by atomic mass is 32.1. The lowest BCUT2D eigenvalue weighted by Crippen LogP contribution is -2.50. The van der Waals surface area contributed by atoms with E-state index in [4.69, 9.17) is 4.74 Å². The van der Waals surface area contributed by atoms with Crippen LogP contribution in [0, 0.1) is 0 Å². The predicted molar refractivity (Wildman–Crippen MR) is 112 cm³/mol. The molecular weight excluding hydrogens is 376 g/mol. The van der Waals surface area contributed by atoms with Gasteiger partial charge in [-0.2, -0.15) is 12.6 Å². The van der Waals surface area contributed by atoms with Crippen LogP contribution >= 0.6 is 12.6 Å². The molecule has 1 saturated heterocycles. The molecule has 0 aromatic heterocycles. The molecule has 0 bridgehead atoms. The minimum Gasteiger partial charge on any atom is -0.497 e. The molecule has 0 aliphatic carbocycles. The van der Waals surface area contributed by atoms with E-state index in [0.29, 0.717) is 25.1 Å². The Morgan fingerprint density at radius 2 is 1.96 bits per heavy atom. The fourth-order valence-corrected chi connectivity index (χ4v) is 3.76. The second-order valence-corrected chi connectivity index (χ2v) is 7.48. The van der Waals surface area contributed by atoms with E-state index in [1.807, 2.05) is 36.4 Å². The first-order chi connectivity index (χ1) is 13.5. The molecule has 2 aromatic carbocycles. The summed E-state index contributed by atoms with van der Waals surface area (Å²) in [6, 6.07) is 11.0. The van der Waals surface area contributed by atoms with Crippen LogP contribution in [-0.2, 0) is 9.59 Å². The molecule has 2 N–H and O–H groups in total. The maximum absolute atomic E-state index is 13.1. The molecule has 1 fully saturated rings. The van der Waals surface area contributed by atoms with Crippen molar-refractivity contribution < 1.29 is 19.4 Å². The molecule has 1 heterocycles. The average molecular weight is 403 g/mol. The lowest BCUT2D eigenvalue weighted by molar-refractivity contribution is -0.147. The number of fused-ring (bicyclic) bond motifs is 1. The molecule has 7 heteroatoms. The Morgan fingerprint density at radius 1 is 1.25 bits per heavy atom. The normalized spacial score (nSPS) is 20.2. The zero-order valence-corrected chi connectivity index (χ0v) is 17.0. The summed E-state index contributed by atoms with van der Waals surface area (Å²) in [5, 5.41) is 15.1. The number of carbonyl (C=O) groups is 2. The molecule has 0 saturated carbocycles. The third-order valence-corrected chi connectivity index (χ3v) is 5.49. The van der Waals surface area contributed by atoms with Crippen LogP contribution in [0.5, 0.6) is 5.75 Å². The van der Waals surface area contributed by atoms with Crippen LogP contribution in [0.15, 0.2) is 36.4 Å². The van der Waals surface area contributed by atoms with Gasteiger partial charge in [0, 0.05) is 12.3 Å². The van der Waals surface area contributed by atoms with Gasteiger partial charge in [-0.15, -0.1) is 0 Å². The van der Waals surface area contributed by atoms with Gasteiger partial charge in [0.2, 0.25) is 11.8 Å². The topological polar surface area (TPSA) is 78.9 Å². The molecule has 6 nitrogen and oxygen atoms in total. The molecule has 0 spiro atoms. The number of hydrogen-bond acceptors (Lipinski definition) is 5. The van der Waals surface area contributed by atoms with Gasteiger partial charge in [-0.25, -0.2) is 0 Å². The Kier molecular flexibility index (Phi) is 6.46. The molecule has 28 heavy (non-hydrogen) atoms. The lowest BCUT2D eigenvalue weighted by atomic mass is 9.96. The maximum atomic E-state index is 13.1. The quantitative estimate of drug-likeness (QED) is 0.648. The Balaban J connectivity index is 1.82.